The van der Waals surface area contributed by atoms with Gasteiger partial charge in [0.05, 0.1) is 11.5 Å². The summed E-state index contributed by atoms with van der Waals surface area (Å²) in [6.45, 7) is 4.78. The Hall–Kier alpha value is -2.64. The fourth-order valence-corrected chi connectivity index (χ4v) is 3.20. The van der Waals surface area contributed by atoms with E-state index in [-0.39, 0.29) is 11.3 Å². The summed E-state index contributed by atoms with van der Waals surface area (Å²) in [5, 5.41) is 17.8. The third-order valence-electron chi connectivity index (χ3n) is 4.39. The minimum atomic E-state index is -0.514. The summed E-state index contributed by atoms with van der Waals surface area (Å²) in [6.07, 6.45) is 1.38. The number of nitrogens with zero attached hydrogens (tertiary/aromatic N) is 1. The third-order valence-corrected chi connectivity index (χ3v) is 4.75. The van der Waals surface area contributed by atoms with Gasteiger partial charge in [0.1, 0.15) is 5.69 Å². The Balaban J connectivity index is 2.34. The molecule has 0 aromatic heterocycles. The van der Waals surface area contributed by atoms with Gasteiger partial charge in [-0.1, -0.05) is 31.5 Å². The number of nitro groups is 1. The van der Waals surface area contributed by atoms with E-state index in [0.29, 0.717) is 36.0 Å². The molecule has 8 heteroatoms. The van der Waals surface area contributed by atoms with Crippen molar-refractivity contribution in [3.05, 3.63) is 62.2 Å². The predicted octanol–water partition coefficient (Wildman–Crippen LogP) is 4.68. The molecule has 0 spiro atoms. The van der Waals surface area contributed by atoms with E-state index in [1.807, 2.05) is 26.0 Å². The molecule has 2 aromatic carbocycles. The molecule has 0 aliphatic rings. The second-order valence-corrected chi connectivity index (χ2v) is 6.54. The zero-order chi connectivity index (χ0) is 20.7. The lowest BCUT2D eigenvalue weighted by molar-refractivity contribution is -0.384. The van der Waals surface area contributed by atoms with Crippen LogP contribution in [0.1, 0.15) is 35.3 Å². The number of anilines is 2. The standard InChI is InChI=1S/C20H24ClN3O4/c1-4-13-6-8-16(21)15(5-2)19(13)23-20(25)14-7-9-17(22-10-11-28-3)18(12-14)24(26)27/h6-9,12,22H,4-5,10-11H2,1-3H3,(H,23,25). The number of nitro benzene ring substituents is 1. The summed E-state index contributed by atoms with van der Waals surface area (Å²) < 4.78 is 4.94. The summed E-state index contributed by atoms with van der Waals surface area (Å²) >= 11 is 6.28. The first-order valence-electron chi connectivity index (χ1n) is 9.05. The van der Waals surface area contributed by atoms with Crippen LogP contribution in [-0.4, -0.2) is 31.1 Å². The Bertz CT molecular complexity index is 871. The number of carbonyl (C=O) groups excluding carboxylic acids is 1. The Labute approximate surface area is 169 Å². The van der Waals surface area contributed by atoms with Crippen LogP contribution in [0.3, 0.4) is 0 Å². The van der Waals surface area contributed by atoms with Crippen molar-refractivity contribution in [3.8, 4) is 0 Å². The van der Waals surface area contributed by atoms with Gasteiger partial charge in [0.2, 0.25) is 0 Å². The van der Waals surface area contributed by atoms with Crippen LogP contribution < -0.4 is 10.6 Å². The molecule has 2 rings (SSSR count). The molecule has 150 valence electrons. The maximum atomic E-state index is 12.8. The lowest BCUT2D eigenvalue weighted by Gasteiger charge is -2.16. The van der Waals surface area contributed by atoms with Crippen LogP contribution >= 0.6 is 11.6 Å². The topological polar surface area (TPSA) is 93.5 Å². The van der Waals surface area contributed by atoms with E-state index in [1.165, 1.54) is 12.1 Å². The van der Waals surface area contributed by atoms with Crippen molar-refractivity contribution in [1.82, 2.24) is 0 Å². The Morgan fingerprint density at radius 1 is 1.21 bits per heavy atom. The molecule has 0 heterocycles. The third kappa shape index (κ3) is 4.99. The van der Waals surface area contributed by atoms with Gasteiger partial charge >= 0.3 is 0 Å². The summed E-state index contributed by atoms with van der Waals surface area (Å²) in [6, 6.07) is 8.05. The van der Waals surface area contributed by atoms with Crippen LogP contribution in [0.4, 0.5) is 17.1 Å². The van der Waals surface area contributed by atoms with E-state index in [9.17, 15) is 14.9 Å². The first-order chi connectivity index (χ1) is 13.4. The average Bonchev–Trinajstić information content (AvgIpc) is 2.68. The quantitative estimate of drug-likeness (QED) is 0.359. The van der Waals surface area contributed by atoms with E-state index in [0.717, 1.165) is 17.5 Å². The number of amides is 1. The van der Waals surface area contributed by atoms with E-state index < -0.39 is 10.8 Å². The summed E-state index contributed by atoms with van der Waals surface area (Å²) in [4.78, 5) is 23.7. The number of aryl methyl sites for hydroxylation is 1. The number of halogens is 1. The molecule has 2 N–H and O–H groups in total. The van der Waals surface area contributed by atoms with Crippen molar-refractivity contribution in [2.24, 2.45) is 0 Å². The maximum Gasteiger partial charge on any atom is 0.293 e. The van der Waals surface area contributed by atoms with Crippen molar-refractivity contribution < 1.29 is 14.5 Å². The van der Waals surface area contributed by atoms with Gasteiger partial charge in [-0.3, -0.25) is 14.9 Å². The molecule has 0 saturated carbocycles. The van der Waals surface area contributed by atoms with E-state index in [1.54, 1.807) is 13.2 Å². The molecule has 0 fully saturated rings. The zero-order valence-electron chi connectivity index (χ0n) is 16.2. The molecule has 2 aromatic rings. The summed E-state index contributed by atoms with van der Waals surface area (Å²) in [5.41, 5.74) is 2.86. The Morgan fingerprint density at radius 2 is 1.96 bits per heavy atom. The molecule has 28 heavy (non-hydrogen) atoms. The number of rotatable bonds is 9. The highest BCUT2D eigenvalue weighted by Crippen LogP contribution is 2.31. The fourth-order valence-electron chi connectivity index (χ4n) is 2.91. The largest absolute Gasteiger partial charge is 0.383 e. The van der Waals surface area contributed by atoms with Gasteiger partial charge in [-0.2, -0.15) is 0 Å². The second-order valence-electron chi connectivity index (χ2n) is 6.13. The highest BCUT2D eigenvalue weighted by molar-refractivity contribution is 6.32. The Morgan fingerprint density at radius 3 is 2.57 bits per heavy atom. The lowest BCUT2D eigenvalue weighted by atomic mass is 10.0. The molecule has 1 amide bonds. The minimum Gasteiger partial charge on any atom is -0.383 e. The molecule has 0 aliphatic carbocycles. The van der Waals surface area contributed by atoms with Gasteiger partial charge in [-0.05, 0) is 42.2 Å². The average molecular weight is 406 g/mol. The number of carbonyl (C=O) groups is 1. The Kier molecular flexibility index (Phi) is 7.78. The summed E-state index contributed by atoms with van der Waals surface area (Å²) in [7, 11) is 1.55. The van der Waals surface area contributed by atoms with Crippen LogP contribution in [-0.2, 0) is 17.6 Å². The van der Waals surface area contributed by atoms with Gasteiger partial charge in [-0.15, -0.1) is 0 Å². The van der Waals surface area contributed by atoms with Crippen LogP contribution in [0.2, 0.25) is 5.02 Å². The van der Waals surface area contributed by atoms with E-state index >= 15 is 0 Å². The second kappa shape index (κ2) is 10.1. The predicted molar refractivity (Wildman–Crippen MR) is 112 cm³/mol. The summed E-state index contributed by atoms with van der Waals surface area (Å²) in [5.74, 6) is -0.418. The maximum absolute atomic E-state index is 12.8. The molecular formula is C20H24ClN3O4. The smallest absolute Gasteiger partial charge is 0.293 e. The lowest BCUT2D eigenvalue weighted by Crippen LogP contribution is -2.16. The van der Waals surface area contributed by atoms with E-state index in [2.05, 4.69) is 10.6 Å². The molecule has 0 aliphatic heterocycles. The van der Waals surface area contributed by atoms with Crippen molar-refractivity contribution in [3.63, 3.8) is 0 Å². The number of methoxy groups -OCH3 is 1. The number of hydrogen-bond acceptors (Lipinski definition) is 5. The van der Waals surface area contributed by atoms with Gasteiger partial charge in [0.25, 0.3) is 11.6 Å². The van der Waals surface area contributed by atoms with Crippen molar-refractivity contribution >= 4 is 34.6 Å². The molecule has 0 bridgehead atoms. The van der Waals surface area contributed by atoms with Crippen LogP contribution in [0.5, 0.6) is 0 Å². The molecule has 0 saturated heterocycles. The van der Waals surface area contributed by atoms with Crippen molar-refractivity contribution in [2.75, 3.05) is 30.9 Å². The zero-order valence-corrected chi connectivity index (χ0v) is 16.9. The number of nitrogens with one attached hydrogen (secondary N) is 2. The first-order valence-corrected chi connectivity index (χ1v) is 9.43. The minimum absolute atomic E-state index is 0.165. The number of benzene rings is 2. The van der Waals surface area contributed by atoms with Crippen LogP contribution in [0.15, 0.2) is 30.3 Å². The van der Waals surface area contributed by atoms with Gasteiger partial charge in [0, 0.05) is 36.0 Å². The number of hydrogen-bond donors (Lipinski definition) is 2. The van der Waals surface area contributed by atoms with Crippen molar-refractivity contribution in [2.45, 2.75) is 26.7 Å². The highest BCUT2D eigenvalue weighted by atomic mass is 35.5. The molecular weight excluding hydrogens is 382 g/mol. The van der Waals surface area contributed by atoms with Crippen LogP contribution in [0, 0.1) is 10.1 Å². The van der Waals surface area contributed by atoms with Crippen LogP contribution in [0.25, 0.3) is 0 Å². The number of ether oxygens (including phenoxy) is 1. The molecule has 0 unspecified atom stereocenters. The fraction of sp³-hybridized carbons (Fsp3) is 0.350. The van der Waals surface area contributed by atoms with Gasteiger partial charge in [-0.25, -0.2) is 0 Å². The first kappa shape index (κ1) is 21.7. The highest BCUT2D eigenvalue weighted by Gasteiger charge is 2.19. The SMILES string of the molecule is CCc1ccc(Cl)c(CC)c1NC(=O)c1ccc(NCCOC)c([N+](=O)[O-])c1. The molecule has 7 nitrogen and oxygen atoms in total. The van der Waals surface area contributed by atoms with E-state index in [4.69, 9.17) is 16.3 Å². The molecule has 0 radical (unpaired) electrons. The van der Waals surface area contributed by atoms with Gasteiger partial charge < -0.3 is 15.4 Å². The normalized spacial score (nSPS) is 10.6. The molecule has 0 atom stereocenters. The monoisotopic (exact) mass is 405 g/mol. The van der Waals surface area contributed by atoms with Crippen molar-refractivity contribution in [1.29, 1.82) is 0 Å². The van der Waals surface area contributed by atoms with Gasteiger partial charge in [0.15, 0.2) is 0 Å².